The highest BCUT2D eigenvalue weighted by Gasteiger charge is 2.34. The Labute approximate surface area is 106 Å². The molecule has 1 aliphatic rings. The number of hydrogen-bond acceptors (Lipinski definition) is 3. The number of aliphatic hydroxyl groups excluding tert-OH is 1. The van der Waals surface area contributed by atoms with Gasteiger partial charge in [-0.15, -0.1) is 0 Å². The van der Waals surface area contributed by atoms with Gasteiger partial charge in [-0.05, 0) is 36.6 Å². The van der Waals surface area contributed by atoms with E-state index in [-0.39, 0.29) is 5.78 Å². The highest BCUT2D eigenvalue weighted by molar-refractivity contribution is 6.29. The van der Waals surface area contributed by atoms with Crippen LogP contribution < -0.4 is 0 Å². The predicted octanol–water partition coefficient (Wildman–Crippen LogP) is 1.84. The van der Waals surface area contributed by atoms with Crippen molar-refractivity contribution < 1.29 is 14.7 Å². The molecule has 0 bridgehead atoms. The van der Waals surface area contributed by atoms with Crippen molar-refractivity contribution in [1.82, 2.24) is 0 Å². The van der Waals surface area contributed by atoms with Crippen LogP contribution in [0.1, 0.15) is 23.6 Å². The van der Waals surface area contributed by atoms with E-state index in [4.69, 9.17) is 0 Å². The first kappa shape index (κ1) is 12.7. The first-order valence-electron chi connectivity index (χ1n) is 5.97. The van der Waals surface area contributed by atoms with Crippen molar-refractivity contribution in [1.29, 1.82) is 0 Å². The zero-order valence-electron chi connectivity index (χ0n) is 10.7. The zero-order valence-corrected chi connectivity index (χ0v) is 10.7. The number of aliphatic hydroxyl groups is 1. The molecular formula is C15H16O3. The summed E-state index contributed by atoms with van der Waals surface area (Å²) in [5.74, 6) is -1.24. The van der Waals surface area contributed by atoms with Gasteiger partial charge in [-0.1, -0.05) is 25.1 Å². The molecule has 0 aromatic heterocycles. The van der Waals surface area contributed by atoms with Crippen molar-refractivity contribution >= 4 is 17.1 Å². The third-order valence-corrected chi connectivity index (χ3v) is 3.55. The highest BCUT2D eigenvalue weighted by atomic mass is 16.3. The number of allylic oxidation sites excluding steroid dienone is 1. The van der Waals surface area contributed by atoms with Crippen molar-refractivity contribution in [3.05, 3.63) is 41.0 Å². The van der Waals surface area contributed by atoms with E-state index in [1.54, 1.807) is 6.92 Å². The standard InChI is InChI=1S/C15H16O3/c1-8-4-5-11(6-9(8)2)12-7-13(16)15(18)10(3)14(12)17/h4-7,10,15,18H,1-3H3/t10-,15-/m1/s1. The number of aryl methyl sites for hydroxylation is 2. The maximum absolute atomic E-state index is 12.1. The minimum Gasteiger partial charge on any atom is -0.384 e. The van der Waals surface area contributed by atoms with Gasteiger partial charge in [0.25, 0.3) is 0 Å². The van der Waals surface area contributed by atoms with Crippen LogP contribution in [0.25, 0.3) is 5.57 Å². The topological polar surface area (TPSA) is 54.4 Å². The number of rotatable bonds is 1. The molecule has 2 atom stereocenters. The van der Waals surface area contributed by atoms with Crippen molar-refractivity contribution in [2.24, 2.45) is 5.92 Å². The third-order valence-electron chi connectivity index (χ3n) is 3.55. The summed E-state index contributed by atoms with van der Waals surface area (Å²) in [6.45, 7) is 5.54. The number of Topliss-reactive ketones (excluding diaryl/α,β-unsaturated/α-hetero) is 1. The summed E-state index contributed by atoms with van der Waals surface area (Å²) in [4.78, 5) is 23.7. The van der Waals surface area contributed by atoms with Crippen LogP contribution in [0, 0.1) is 19.8 Å². The van der Waals surface area contributed by atoms with Gasteiger partial charge in [0.2, 0.25) is 0 Å². The summed E-state index contributed by atoms with van der Waals surface area (Å²) in [5, 5.41) is 9.57. The van der Waals surface area contributed by atoms with Gasteiger partial charge in [0, 0.05) is 5.57 Å². The molecule has 1 aromatic carbocycles. The Morgan fingerprint density at radius 1 is 1.11 bits per heavy atom. The molecule has 0 radical (unpaired) electrons. The number of benzene rings is 1. The lowest BCUT2D eigenvalue weighted by atomic mass is 9.82. The van der Waals surface area contributed by atoms with Crippen LogP contribution >= 0.6 is 0 Å². The molecular weight excluding hydrogens is 228 g/mol. The molecule has 18 heavy (non-hydrogen) atoms. The molecule has 0 saturated heterocycles. The van der Waals surface area contributed by atoms with Crippen molar-refractivity contribution in [2.75, 3.05) is 0 Å². The van der Waals surface area contributed by atoms with Crippen molar-refractivity contribution in [2.45, 2.75) is 26.9 Å². The lowest BCUT2D eigenvalue weighted by molar-refractivity contribution is -0.132. The van der Waals surface area contributed by atoms with Crippen LogP contribution in [0.4, 0.5) is 0 Å². The second kappa shape index (κ2) is 4.50. The molecule has 3 heteroatoms. The van der Waals surface area contributed by atoms with Crippen LogP contribution in [0.5, 0.6) is 0 Å². The third kappa shape index (κ3) is 2.02. The van der Waals surface area contributed by atoms with Gasteiger partial charge >= 0.3 is 0 Å². The van der Waals surface area contributed by atoms with Gasteiger partial charge in [-0.2, -0.15) is 0 Å². The summed E-state index contributed by atoms with van der Waals surface area (Å²) in [6.07, 6.45) is 0.0599. The minimum atomic E-state index is -1.20. The number of carbonyl (C=O) groups is 2. The normalized spacial score (nSPS) is 24.1. The number of ketones is 2. The van der Waals surface area contributed by atoms with E-state index in [1.165, 1.54) is 6.08 Å². The van der Waals surface area contributed by atoms with E-state index < -0.39 is 17.8 Å². The number of hydrogen-bond donors (Lipinski definition) is 1. The van der Waals surface area contributed by atoms with Crippen LogP contribution in [-0.2, 0) is 9.59 Å². The van der Waals surface area contributed by atoms with Crippen molar-refractivity contribution in [3.8, 4) is 0 Å². The van der Waals surface area contributed by atoms with E-state index in [2.05, 4.69) is 0 Å². The van der Waals surface area contributed by atoms with E-state index in [1.807, 2.05) is 32.0 Å². The van der Waals surface area contributed by atoms with Gasteiger partial charge in [0.1, 0.15) is 6.10 Å². The second-order valence-electron chi connectivity index (χ2n) is 4.86. The Kier molecular flexibility index (Phi) is 3.18. The first-order valence-corrected chi connectivity index (χ1v) is 5.97. The molecule has 1 N–H and O–H groups in total. The maximum atomic E-state index is 12.1. The van der Waals surface area contributed by atoms with E-state index >= 15 is 0 Å². The van der Waals surface area contributed by atoms with Crippen LogP contribution in [0.3, 0.4) is 0 Å². The molecule has 0 saturated carbocycles. The van der Waals surface area contributed by atoms with E-state index in [0.29, 0.717) is 5.57 Å². The summed E-state index contributed by atoms with van der Waals surface area (Å²) < 4.78 is 0. The Balaban J connectivity index is 2.50. The zero-order chi connectivity index (χ0) is 13.4. The molecule has 3 nitrogen and oxygen atoms in total. The Bertz CT molecular complexity index is 555. The maximum Gasteiger partial charge on any atom is 0.185 e. The smallest absolute Gasteiger partial charge is 0.185 e. The van der Waals surface area contributed by atoms with Gasteiger partial charge < -0.3 is 5.11 Å². The van der Waals surface area contributed by atoms with Gasteiger partial charge in [0.15, 0.2) is 11.6 Å². The van der Waals surface area contributed by atoms with E-state index in [0.717, 1.165) is 16.7 Å². The largest absolute Gasteiger partial charge is 0.384 e. The SMILES string of the molecule is Cc1ccc(C2=CC(=O)[C@H](O)[C@H](C)C2=O)cc1C. The lowest BCUT2D eigenvalue weighted by Gasteiger charge is -2.22. The molecule has 2 rings (SSSR count). The average molecular weight is 244 g/mol. The molecule has 0 spiro atoms. The molecule has 0 unspecified atom stereocenters. The summed E-state index contributed by atoms with van der Waals surface area (Å²) >= 11 is 0. The summed E-state index contributed by atoms with van der Waals surface area (Å²) in [6, 6.07) is 5.67. The molecule has 0 aliphatic heterocycles. The molecule has 94 valence electrons. The monoisotopic (exact) mass is 244 g/mol. The molecule has 1 aromatic rings. The molecule has 0 heterocycles. The Morgan fingerprint density at radius 3 is 2.39 bits per heavy atom. The minimum absolute atomic E-state index is 0.176. The predicted molar refractivity (Wildman–Crippen MR) is 69.1 cm³/mol. The fourth-order valence-electron chi connectivity index (χ4n) is 2.07. The van der Waals surface area contributed by atoms with Gasteiger partial charge in [0.05, 0.1) is 5.92 Å². The highest BCUT2D eigenvalue weighted by Crippen LogP contribution is 2.27. The fourth-order valence-corrected chi connectivity index (χ4v) is 2.07. The Hall–Kier alpha value is -1.74. The van der Waals surface area contributed by atoms with Gasteiger partial charge in [-0.25, -0.2) is 0 Å². The van der Waals surface area contributed by atoms with Gasteiger partial charge in [-0.3, -0.25) is 9.59 Å². The average Bonchev–Trinajstić information content (AvgIpc) is 2.35. The summed E-state index contributed by atoms with van der Waals surface area (Å²) in [5.41, 5.74) is 3.37. The first-order chi connectivity index (χ1) is 8.41. The molecule has 1 aliphatic carbocycles. The second-order valence-corrected chi connectivity index (χ2v) is 4.86. The lowest BCUT2D eigenvalue weighted by Crippen LogP contribution is -2.36. The van der Waals surface area contributed by atoms with Crippen molar-refractivity contribution in [3.63, 3.8) is 0 Å². The summed E-state index contributed by atoms with van der Waals surface area (Å²) in [7, 11) is 0. The number of carbonyl (C=O) groups excluding carboxylic acids is 2. The van der Waals surface area contributed by atoms with E-state index in [9.17, 15) is 14.7 Å². The molecule has 0 amide bonds. The molecule has 0 fully saturated rings. The van der Waals surface area contributed by atoms with Crippen LogP contribution in [0.2, 0.25) is 0 Å². The fraction of sp³-hybridized carbons (Fsp3) is 0.333. The van der Waals surface area contributed by atoms with Crippen LogP contribution in [0.15, 0.2) is 24.3 Å². The quantitative estimate of drug-likeness (QED) is 0.820. The Morgan fingerprint density at radius 2 is 1.78 bits per heavy atom. The van der Waals surface area contributed by atoms with Crippen LogP contribution in [-0.4, -0.2) is 22.8 Å².